The fraction of sp³-hybridized carbons (Fsp3) is 0.200. The number of rotatable bonds is 7. The average Bonchev–Trinajstić information content (AvgIpc) is 3.03. The van der Waals surface area contributed by atoms with Crippen LogP contribution in [0, 0.1) is 10.1 Å². The van der Waals surface area contributed by atoms with Crippen molar-refractivity contribution in [2.45, 2.75) is 25.7 Å². The van der Waals surface area contributed by atoms with Gasteiger partial charge in [-0.05, 0) is 37.0 Å². The summed E-state index contributed by atoms with van der Waals surface area (Å²) in [6.45, 7) is 0. The normalized spacial score (nSPS) is 10.8. The van der Waals surface area contributed by atoms with Crippen molar-refractivity contribution in [3.05, 3.63) is 76.0 Å². The van der Waals surface area contributed by atoms with Crippen LogP contribution in [-0.2, 0) is 11.2 Å². The molecule has 1 heterocycles. The largest absolute Gasteiger partial charge is 0.481 e. The van der Waals surface area contributed by atoms with Gasteiger partial charge in [-0.1, -0.05) is 24.3 Å². The Labute approximate surface area is 155 Å². The smallest absolute Gasteiger partial charge is 0.303 e. The van der Waals surface area contributed by atoms with Crippen molar-refractivity contribution < 1.29 is 19.6 Å². The number of fused-ring (bicyclic) bond motifs is 1. The summed E-state index contributed by atoms with van der Waals surface area (Å²) < 4.78 is 1.50. The number of carboxylic acid groups (broad SMARTS) is 1. The third kappa shape index (κ3) is 4.03. The van der Waals surface area contributed by atoms with E-state index >= 15 is 0 Å². The van der Waals surface area contributed by atoms with Crippen LogP contribution in [0.3, 0.4) is 0 Å². The lowest BCUT2D eigenvalue weighted by atomic mass is 10.1. The van der Waals surface area contributed by atoms with E-state index in [9.17, 15) is 19.7 Å². The first-order valence-corrected chi connectivity index (χ1v) is 8.57. The Morgan fingerprint density at radius 3 is 2.59 bits per heavy atom. The van der Waals surface area contributed by atoms with Crippen molar-refractivity contribution in [2.75, 3.05) is 0 Å². The van der Waals surface area contributed by atoms with Crippen molar-refractivity contribution in [1.29, 1.82) is 0 Å². The van der Waals surface area contributed by atoms with E-state index in [0.29, 0.717) is 19.3 Å². The van der Waals surface area contributed by atoms with Gasteiger partial charge in [0.25, 0.3) is 11.6 Å². The number of benzene rings is 2. The highest BCUT2D eigenvalue weighted by atomic mass is 16.6. The zero-order valence-electron chi connectivity index (χ0n) is 14.5. The van der Waals surface area contributed by atoms with Crippen LogP contribution in [0.5, 0.6) is 0 Å². The van der Waals surface area contributed by atoms with Gasteiger partial charge < -0.3 is 5.11 Å². The molecule has 0 spiro atoms. The third-order valence-electron chi connectivity index (χ3n) is 4.40. The third-order valence-corrected chi connectivity index (χ3v) is 4.40. The van der Waals surface area contributed by atoms with Crippen molar-refractivity contribution >= 4 is 28.5 Å². The summed E-state index contributed by atoms with van der Waals surface area (Å²) >= 11 is 0. The number of nitro groups is 1. The molecule has 0 bridgehead atoms. The van der Waals surface area contributed by atoms with Crippen LogP contribution in [0.15, 0.2) is 54.7 Å². The summed E-state index contributed by atoms with van der Waals surface area (Å²) in [6.07, 6.45) is 3.78. The molecule has 0 aliphatic rings. The Hall–Kier alpha value is -3.48. The zero-order valence-corrected chi connectivity index (χ0v) is 14.5. The fourth-order valence-corrected chi connectivity index (χ4v) is 3.10. The second-order valence-electron chi connectivity index (χ2n) is 6.25. The fourth-order valence-electron chi connectivity index (χ4n) is 3.10. The number of aliphatic carboxylic acids is 1. The number of non-ortho nitro benzene ring substituents is 1. The molecule has 0 aliphatic heterocycles. The predicted molar refractivity (Wildman–Crippen MR) is 100.0 cm³/mol. The topological polar surface area (TPSA) is 102 Å². The van der Waals surface area contributed by atoms with Gasteiger partial charge in [0.05, 0.1) is 10.4 Å². The van der Waals surface area contributed by atoms with Crippen molar-refractivity contribution in [3.63, 3.8) is 0 Å². The van der Waals surface area contributed by atoms with E-state index < -0.39 is 10.9 Å². The number of unbranched alkanes of at least 4 members (excludes halogenated alkanes) is 1. The standard InChI is InChI=1S/C20H18N2O5/c23-19(24)11-4-1-6-15-13-21(18-10-3-2-9-17(15)18)20(25)14-7-5-8-16(12-14)22(26)27/h2-3,5,7-10,12-13H,1,4,6,11H2,(H,23,24). The number of carboxylic acids is 1. The maximum atomic E-state index is 12.9. The van der Waals surface area contributed by atoms with E-state index in [1.165, 1.54) is 22.8 Å². The van der Waals surface area contributed by atoms with E-state index in [4.69, 9.17) is 5.11 Å². The molecule has 27 heavy (non-hydrogen) atoms. The first-order chi connectivity index (χ1) is 13.0. The first-order valence-electron chi connectivity index (χ1n) is 8.57. The van der Waals surface area contributed by atoms with Crippen LogP contribution >= 0.6 is 0 Å². The summed E-state index contributed by atoms with van der Waals surface area (Å²) in [6, 6.07) is 13.1. The average molecular weight is 366 g/mol. The minimum absolute atomic E-state index is 0.116. The Morgan fingerprint density at radius 2 is 1.85 bits per heavy atom. The number of aryl methyl sites for hydroxylation is 1. The molecule has 7 nitrogen and oxygen atoms in total. The number of carbonyl (C=O) groups excluding carboxylic acids is 1. The Morgan fingerprint density at radius 1 is 1.07 bits per heavy atom. The molecule has 0 saturated carbocycles. The zero-order chi connectivity index (χ0) is 19.4. The van der Waals surface area contributed by atoms with E-state index in [1.807, 2.05) is 24.3 Å². The van der Waals surface area contributed by atoms with Crippen LogP contribution in [0.1, 0.15) is 35.2 Å². The van der Waals surface area contributed by atoms with E-state index in [-0.39, 0.29) is 23.6 Å². The lowest BCUT2D eigenvalue weighted by Gasteiger charge is -2.04. The highest BCUT2D eigenvalue weighted by molar-refractivity contribution is 6.03. The van der Waals surface area contributed by atoms with Crippen molar-refractivity contribution in [1.82, 2.24) is 4.57 Å². The van der Waals surface area contributed by atoms with Gasteiger partial charge in [-0.15, -0.1) is 0 Å². The summed E-state index contributed by atoms with van der Waals surface area (Å²) in [5.74, 6) is -1.16. The summed E-state index contributed by atoms with van der Waals surface area (Å²) in [7, 11) is 0. The summed E-state index contributed by atoms with van der Waals surface area (Å²) in [5, 5.41) is 20.6. The van der Waals surface area contributed by atoms with E-state index in [2.05, 4.69) is 0 Å². The Kier molecular flexibility index (Phi) is 5.30. The van der Waals surface area contributed by atoms with Gasteiger partial charge in [0.1, 0.15) is 0 Å². The molecule has 138 valence electrons. The number of hydrogen-bond donors (Lipinski definition) is 1. The molecular formula is C20H18N2O5. The molecule has 2 aromatic carbocycles. The molecule has 0 amide bonds. The second-order valence-corrected chi connectivity index (χ2v) is 6.25. The maximum Gasteiger partial charge on any atom is 0.303 e. The molecular weight excluding hydrogens is 348 g/mol. The van der Waals surface area contributed by atoms with Crippen molar-refractivity contribution in [3.8, 4) is 0 Å². The molecule has 0 fully saturated rings. The SMILES string of the molecule is O=C(O)CCCCc1cn(C(=O)c2cccc([N+](=O)[O-])c2)c2ccccc12. The number of hydrogen-bond acceptors (Lipinski definition) is 4. The minimum atomic E-state index is -0.821. The van der Waals surface area contributed by atoms with Gasteiger partial charge in [0, 0.05) is 35.7 Å². The van der Waals surface area contributed by atoms with E-state index in [1.54, 1.807) is 12.3 Å². The highest BCUT2D eigenvalue weighted by Gasteiger charge is 2.17. The molecule has 0 radical (unpaired) electrons. The van der Waals surface area contributed by atoms with Crippen molar-refractivity contribution in [2.24, 2.45) is 0 Å². The number of aromatic nitrogens is 1. The molecule has 1 aromatic heterocycles. The quantitative estimate of drug-likeness (QED) is 0.386. The monoisotopic (exact) mass is 366 g/mol. The van der Waals surface area contributed by atoms with Crippen LogP contribution in [0.25, 0.3) is 10.9 Å². The van der Waals surface area contributed by atoms with E-state index in [0.717, 1.165) is 16.5 Å². The second kappa shape index (κ2) is 7.82. The van der Waals surface area contributed by atoms with Crippen LogP contribution in [-0.4, -0.2) is 26.5 Å². The molecule has 0 atom stereocenters. The summed E-state index contributed by atoms with van der Waals surface area (Å²) in [5.41, 5.74) is 1.78. The van der Waals surface area contributed by atoms with Gasteiger partial charge in [0.2, 0.25) is 0 Å². The Balaban J connectivity index is 1.92. The van der Waals surface area contributed by atoms with Crippen LogP contribution < -0.4 is 0 Å². The number of carbonyl (C=O) groups is 2. The number of nitro benzene ring substituents is 1. The van der Waals surface area contributed by atoms with Crippen LogP contribution in [0.4, 0.5) is 5.69 Å². The maximum absolute atomic E-state index is 12.9. The molecule has 7 heteroatoms. The van der Waals surface area contributed by atoms with Gasteiger partial charge in [-0.2, -0.15) is 0 Å². The number of nitrogens with zero attached hydrogens (tertiary/aromatic N) is 2. The number of para-hydroxylation sites is 1. The highest BCUT2D eigenvalue weighted by Crippen LogP contribution is 2.25. The van der Waals surface area contributed by atoms with Gasteiger partial charge in [-0.3, -0.25) is 24.3 Å². The molecule has 3 aromatic rings. The molecule has 0 aliphatic carbocycles. The molecule has 0 unspecified atom stereocenters. The predicted octanol–water partition coefficient (Wildman–Crippen LogP) is 4.04. The lowest BCUT2D eigenvalue weighted by molar-refractivity contribution is -0.384. The lowest BCUT2D eigenvalue weighted by Crippen LogP contribution is -2.11. The minimum Gasteiger partial charge on any atom is -0.481 e. The van der Waals surface area contributed by atoms with Gasteiger partial charge >= 0.3 is 5.97 Å². The molecule has 0 saturated heterocycles. The summed E-state index contributed by atoms with van der Waals surface area (Å²) in [4.78, 5) is 34.0. The molecule has 3 rings (SSSR count). The Bertz CT molecular complexity index is 1020. The first kappa shape index (κ1) is 18.3. The van der Waals surface area contributed by atoms with Gasteiger partial charge in [-0.25, -0.2) is 0 Å². The van der Waals surface area contributed by atoms with Crippen LogP contribution in [0.2, 0.25) is 0 Å². The van der Waals surface area contributed by atoms with Gasteiger partial charge in [0.15, 0.2) is 0 Å². The molecule has 1 N–H and O–H groups in total.